The highest BCUT2D eigenvalue weighted by molar-refractivity contribution is 6.01. The van der Waals surface area contributed by atoms with Crippen LogP contribution in [0.4, 0.5) is 5.95 Å². The summed E-state index contributed by atoms with van der Waals surface area (Å²) in [5, 5.41) is 23.1. The molecule has 6 heteroatoms. The number of aromatic hydroxyl groups is 1. The topological polar surface area (TPSA) is 75.3 Å². The molecule has 138 valence electrons. The lowest BCUT2D eigenvalue weighted by atomic mass is 10.1. The first-order chi connectivity index (χ1) is 13.7. The minimum atomic E-state index is 0.181. The molecular weight excluding hydrogens is 350 g/mol. The molecule has 0 radical (unpaired) electrons. The van der Waals surface area contributed by atoms with Crippen molar-refractivity contribution in [2.75, 3.05) is 5.43 Å². The number of phenols is 1. The Hall–Kier alpha value is -3.93. The minimum Gasteiger partial charge on any atom is -0.507 e. The number of nitrogens with one attached hydrogen (secondary N) is 1. The number of para-hydroxylation sites is 2. The molecule has 0 bridgehead atoms. The zero-order valence-corrected chi connectivity index (χ0v) is 15.3. The molecule has 0 atom stereocenters. The molecule has 0 aliphatic carbocycles. The van der Waals surface area contributed by atoms with Gasteiger partial charge in [-0.2, -0.15) is 5.10 Å². The van der Waals surface area contributed by atoms with Gasteiger partial charge in [0, 0.05) is 11.1 Å². The first kappa shape index (κ1) is 17.5. The fourth-order valence-corrected chi connectivity index (χ4v) is 2.93. The molecule has 3 aromatic carbocycles. The molecule has 2 N–H and O–H groups in total. The molecule has 0 unspecified atom stereocenters. The van der Waals surface area contributed by atoms with Crippen molar-refractivity contribution in [3.8, 4) is 22.8 Å². The molecule has 1 aromatic heterocycles. The molecule has 6 nitrogen and oxygen atoms in total. The quantitative estimate of drug-likeness (QED) is 0.402. The summed E-state index contributed by atoms with van der Waals surface area (Å²) in [6, 6.07) is 26.8. The molecule has 0 aliphatic rings. The fourth-order valence-electron chi connectivity index (χ4n) is 2.93. The zero-order valence-electron chi connectivity index (χ0n) is 15.3. The average Bonchev–Trinajstić information content (AvgIpc) is 3.17. The Balaban J connectivity index is 1.75. The van der Waals surface area contributed by atoms with Crippen molar-refractivity contribution < 1.29 is 5.11 Å². The van der Waals surface area contributed by atoms with Gasteiger partial charge in [-0.3, -0.25) is 4.57 Å². The summed E-state index contributed by atoms with van der Waals surface area (Å²) in [6.07, 6.45) is 0. The van der Waals surface area contributed by atoms with Gasteiger partial charge < -0.3 is 5.11 Å². The monoisotopic (exact) mass is 369 g/mol. The summed E-state index contributed by atoms with van der Waals surface area (Å²) in [7, 11) is 0. The summed E-state index contributed by atoms with van der Waals surface area (Å²) in [5.74, 6) is 1.38. The smallest absolute Gasteiger partial charge is 0.250 e. The van der Waals surface area contributed by atoms with Crippen LogP contribution in [0.5, 0.6) is 5.75 Å². The summed E-state index contributed by atoms with van der Waals surface area (Å²) in [4.78, 5) is 0. The van der Waals surface area contributed by atoms with Crippen molar-refractivity contribution in [2.24, 2.45) is 5.10 Å². The average molecular weight is 369 g/mol. The maximum atomic E-state index is 10.0. The predicted octanol–water partition coefficient (Wildman–Crippen LogP) is 4.48. The maximum Gasteiger partial charge on any atom is 0.250 e. The Bertz CT molecular complexity index is 1100. The van der Waals surface area contributed by atoms with E-state index in [0.717, 1.165) is 11.3 Å². The molecule has 0 amide bonds. The SMILES string of the molecule is C/C(=N\Nc1nnc(-c2ccccc2)n1-c1ccccc1)c1ccccc1O. The number of benzene rings is 3. The molecule has 4 rings (SSSR count). The highest BCUT2D eigenvalue weighted by Crippen LogP contribution is 2.25. The van der Waals surface area contributed by atoms with Crippen molar-refractivity contribution >= 4 is 11.7 Å². The fraction of sp³-hybridized carbons (Fsp3) is 0.0455. The van der Waals surface area contributed by atoms with E-state index in [9.17, 15) is 5.11 Å². The van der Waals surface area contributed by atoms with E-state index in [1.165, 1.54) is 0 Å². The van der Waals surface area contributed by atoms with Crippen molar-refractivity contribution in [1.29, 1.82) is 0 Å². The van der Waals surface area contributed by atoms with Crippen molar-refractivity contribution in [3.63, 3.8) is 0 Å². The van der Waals surface area contributed by atoms with Gasteiger partial charge in [-0.1, -0.05) is 60.7 Å². The predicted molar refractivity (Wildman–Crippen MR) is 111 cm³/mol. The van der Waals surface area contributed by atoms with E-state index >= 15 is 0 Å². The molecule has 4 aromatic rings. The highest BCUT2D eigenvalue weighted by Gasteiger charge is 2.15. The van der Waals surface area contributed by atoms with Crippen LogP contribution in [0.2, 0.25) is 0 Å². The zero-order chi connectivity index (χ0) is 19.3. The van der Waals surface area contributed by atoms with Crippen molar-refractivity contribution in [2.45, 2.75) is 6.92 Å². The van der Waals surface area contributed by atoms with E-state index in [0.29, 0.717) is 23.0 Å². The van der Waals surface area contributed by atoms with E-state index in [4.69, 9.17) is 0 Å². The Kier molecular flexibility index (Phi) is 4.84. The third-order valence-corrected chi connectivity index (χ3v) is 4.33. The standard InChI is InChI=1S/C22H19N5O/c1-16(19-14-8-9-15-20(19)28)23-25-22-26-24-21(17-10-4-2-5-11-17)27(22)18-12-6-3-7-13-18/h2-15,28H,1H3,(H,25,26)/b23-16+. The lowest BCUT2D eigenvalue weighted by Gasteiger charge is -2.10. The van der Waals surface area contributed by atoms with Crippen LogP contribution in [-0.2, 0) is 0 Å². The second-order valence-corrected chi connectivity index (χ2v) is 6.21. The van der Waals surface area contributed by atoms with Gasteiger partial charge in [0.1, 0.15) is 5.75 Å². The normalized spacial score (nSPS) is 11.4. The van der Waals surface area contributed by atoms with Crippen LogP contribution in [0.1, 0.15) is 12.5 Å². The molecule has 28 heavy (non-hydrogen) atoms. The van der Waals surface area contributed by atoms with E-state index in [-0.39, 0.29) is 5.75 Å². The first-order valence-electron chi connectivity index (χ1n) is 8.89. The summed E-state index contributed by atoms with van der Waals surface area (Å²) < 4.78 is 1.91. The molecule has 0 saturated carbocycles. The third-order valence-electron chi connectivity index (χ3n) is 4.33. The number of aromatic nitrogens is 3. The van der Waals surface area contributed by atoms with Crippen molar-refractivity contribution in [3.05, 3.63) is 90.5 Å². The first-order valence-corrected chi connectivity index (χ1v) is 8.89. The molecule has 0 aliphatic heterocycles. The van der Waals surface area contributed by atoms with Crippen LogP contribution in [0.25, 0.3) is 17.1 Å². The lowest BCUT2D eigenvalue weighted by Crippen LogP contribution is -2.06. The number of hydrogen-bond donors (Lipinski definition) is 2. The van der Waals surface area contributed by atoms with Gasteiger partial charge in [-0.15, -0.1) is 10.2 Å². The van der Waals surface area contributed by atoms with Gasteiger partial charge in [-0.25, -0.2) is 5.43 Å². The molecule has 0 spiro atoms. The van der Waals surface area contributed by atoms with Gasteiger partial charge in [-0.05, 0) is 31.2 Å². The third kappa shape index (κ3) is 3.48. The van der Waals surface area contributed by atoms with Crippen LogP contribution in [0, 0.1) is 0 Å². The second kappa shape index (κ2) is 7.75. The van der Waals surface area contributed by atoms with E-state index in [1.807, 2.05) is 84.3 Å². The number of phenolic OH excluding ortho intramolecular Hbond substituents is 1. The number of nitrogens with zero attached hydrogens (tertiary/aromatic N) is 4. The van der Waals surface area contributed by atoms with E-state index in [1.54, 1.807) is 12.1 Å². The van der Waals surface area contributed by atoms with Gasteiger partial charge >= 0.3 is 0 Å². The Labute approximate surface area is 162 Å². The van der Waals surface area contributed by atoms with Gasteiger partial charge in [0.2, 0.25) is 5.95 Å². The number of hydrogen-bond acceptors (Lipinski definition) is 5. The van der Waals surface area contributed by atoms with Crippen LogP contribution in [-0.4, -0.2) is 25.6 Å². The summed E-state index contributed by atoms with van der Waals surface area (Å²) in [6.45, 7) is 1.82. The number of hydrazone groups is 1. The number of rotatable bonds is 5. The molecule has 0 fully saturated rings. The summed E-state index contributed by atoms with van der Waals surface area (Å²) in [5.41, 5.74) is 6.16. The van der Waals surface area contributed by atoms with E-state index < -0.39 is 0 Å². The van der Waals surface area contributed by atoms with Crippen LogP contribution in [0.15, 0.2) is 90.0 Å². The largest absolute Gasteiger partial charge is 0.507 e. The Morgan fingerprint density at radius 2 is 1.50 bits per heavy atom. The van der Waals surface area contributed by atoms with Crippen LogP contribution >= 0.6 is 0 Å². The van der Waals surface area contributed by atoms with Crippen LogP contribution < -0.4 is 5.43 Å². The highest BCUT2D eigenvalue weighted by atomic mass is 16.3. The maximum absolute atomic E-state index is 10.0. The minimum absolute atomic E-state index is 0.181. The lowest BCUT2D eigenvalue weighted by molar-refractivity contribution is 0.474. The molecular formula is C22H19N5O. The van der Waals surface area contributed by atoms with Crippen molar-refractivity contribution in [1.82, 2.24) is 14.8 Å². The van der Waals surface area contributed by atoms with Gasteiger partial charge in [0.25, 0.3) is 0 Å². The Morgan fingerprint density at radius 3 is 2.21 bits per heavy atom. The Morgan fingerprint density at radius 1 is 0.857 bits per heavy atom. The second-order valence-electron chi connectivity index (χ2n) is 6.21. The summed E-state index contributed by atoms with van der Waals surface area (Å²) >= 11 is 0. The van der Waals surface area contributed by atoms with E-state index in [2.05, 4.69) is 20.7 Å². The molecule has 0 saturated heterocycles. The van der Waals surface area contributed by atoms with Crippen LogP contribution in [0.3, 0.4) is 0 Å². The number of anilines is 1. The molecule has 1 heterocycles. The van der Waals surface area contributed by atoms with Gasteiger partial charge in [0.15, 0.2) is 5.82 Å². The van der Waals surface area contributed by atoms with Gasteiger partial charge in [0.05, 0.1) is 11.4 Å².